The average Bonchev–Trinajstić information content (AvgIpc) is 3.65. The summed E-state index contributed by atoms with van der Waals surface area (Å²) in [6, 6.07) is 28.9. The molecule has 2 atom stereocenters. The second kappa shape index (κ2) is 17.4. The van der Waals surface area contributed by atoms with E-state index in [4.69, 9.17) is 13.8 Å². The summed E-state index contributed by atoms with van der Waals surface area (Å²) in [4.78, 5) is 36.7. The lowest BCUT2D eigenvalue weighted by molar-refractivity contribution is 0.0838. The molecule has 4 N–H and O–H groups in total. The number of aryl methyl sites for hydroxylation is 1. The Kier molecular flexibility index (Phi) is 12.1. The first-order chi connectivity index (χ1) is 29.2. The van der Waals surface area contributed by atoms with Crippen LogP contribution in [0.4, 0.5) is 10.5 Å². The van der Waals surface area contributed by atoms with Gasteiger partial charge in [-0.05, 0) is 109 Å². The highest BCUT2D eigenvalue weighted by molar-refractivity contribution is 6.74. The number of nitrogens with one attached hydrogen (secondary N) is 2. The first-order valence-electron chi connectivity index (χ1n) is 21.5. The highest BCUT2D eigenvalue weighted by atomic mass is 28.4. The third kappa shape index (κ3) is 9.23. The molecule has 3 aliphatic heterocycles. The van der Waals surface area contributed by atoms with Crippen molar-refractivity contribution in [3.63, 3.8) is 0 Å². The van der Waals surface area contributed by atoms with Crippen LogP contribution in [0.1, 0.15) is 68.7 Å². The number of aromatic nitrogens is 2. The number of pyridine rings is 1. The number of carbonyl (C=O) groups is 1. The van der Waals surface area contributed by atoms with Gasteiger partial charge < -0.3 is 34.3 Å². The first-order valence-corrected chi connectivity index (χ1v) is 24.4. The summed E-state index contributed by atoms with van der Waals surface area (Å²) in [5.74, 6) is 1.04. The number of fused-ring (bicyclic) bond motifs is 5. The Hall–Kier alpha value is -5.53. The quantitative estimate of drug-likeness (QED) is 0.0788. The lowest BCUT2D eigenvalue weighted by atomic mass is 9.82. The monoisotopic (exact) mass is 839 g/mol. The number of phenolic OH excluding ortho intramolecular Hbond substituents is 1. The van der Waals surface area contributed by atoms with Crippen LogP contribution in [0.5, 0.6) is 5.75 Å². The van der Waals surface area contributed by atoms with E-state index in [0.29, 0.717) is 43.3 Å². The lowest BCUT2D eigenvalue weighted by Crippen LogP contribution is -2.59. The molecule has 0 saturated carbocycles. The highest BCUT2D eigenvalue weighted by Crippen LogP contribution is 2.42. The predicted molar refractivity (Wildman–Crippen MR) is 246 cm³/mol. The molecule has 61 heavy (non-hydrogen) atoms. The molecule has 12 heteroatoms. The van der Waals surface area contributed by atoms with Crippen LogP contribution in [0.3, 0.4) is 0 Å². The molecular weight excluding hydrogens is 783 g/mol. The minimum absolute atomic E-state index is 0.0225. The zero-order chi connectivity index (χ0) is 42.9. The predicted octanol–water partition coefficient (Wildman–Crippen LogP) is 10.1. The number of anilines is 1. The van der Waals surface area contributed by atoms with Crippen LogP contribution in [-0.2, 0) is 17.4 Å². The smallest absolute Gasteiger partial charge is 0.412 e. The topological polar surface area (TPSA) is 144 Å². The highest BCUT2D eigenvalue weighted by Gasteiger charge is 2.41. The molecule has 5 heterocycles. The number of carboxylic acid groups (broad SMARTS) is 1. The van der Waals surface area contributed by atoms with E-state index in [9.17, 15) is 19.8 Å². The maximum atomic E-state index is 13.0. The Labute approximate surface area is 358 Å². The van der Waals surface area contributed by atoms with Crippen molar-refractivity contribution >= 4 is 48.2 Å². The number of H-pyrrole nitrogens is 1. The zero-order valence-electron chi connectivity index (χ0n) is 35.8. The van der Waals surface area contributed by atoms with Crippen LogP contribution in [0, 0.1) is 5.92 Å². The van der Waals surface area contributed by atoms with Crippen LogP contribution in [-0.4, -0.2) is 71.7 Å². The Morgan fingerprint density at radius 1 is 1.05 bits per heavy atom. The molecule has 1 amide bonds. The van der Waals surface area contributed by atoms with Gasteiger partial charge in [-0.15, -0.1) is 0 Å². The van der Waals surface area contributed by atoms with Crippen molar-refractivity contribution in [2.75, 3.05) is 31.1 Å². The summed E-state index contributed by atoms with van der Waals surface area (Å²) in [5, 5.41) is 25.6. The molecule has 318 valence electrons. The lowest BCUT2D eigenvalue weighted by Gasteiger charge is -2.48. The number of aromatic amines is 1. The number of hydrogen-bond donors (Lipinski definition) is 4. The second-order valence-electron chi connectivity index (χ2n) is 18.1. The van der Waals surface area contributed by atoms with Gasteiger partial charge in [0, 0.05) is 43.1 Å². The number of hydrogen-bond acceptors (Lipinski definition) is 8. The number of nitrogens with zero attached hydrogens (tertiary/aromatic N) is 3. The van der Waals surface area contributed by atoms with Gasteiger partial charge in [0.2, 0.25) is 5.56 Å². The van der Waals surface area contributed by atoms with Crippen LogP contribution in [0.2, 0.25) is 18.1 Å². The Balaban J connectivity index is 0.946. The van der Waals surface area contributed by atoms with Crippen molar-refractivity contribution in [2.45, 2.75) is 83.3 Å². The number of benzene rings is 4. The van der Waals surface area contributed by atoms with E-state index in [1.807, 2.05) is 54.6 Å². The summed E-state index contributed by atoms with van der Waals surface area (Å²) >= 11 is 0. The fourth-order valence-electron chi connectivity index (χ4n) is 8.66. The molecule has 3 fully saturated rings. The molecule has 0 aliphatic carbocycles. The molecule has 4 aromatic carbocycles. The van der Waals surface area contributed by atoms with E-state index in [1.165, 1.54) is 6.07 Å². The summed E-state index contributed by atoms with van der Waals surface area (Å²) < 4.78 is 13.2. The van der Waals surface area contributed by atoms with Gasteiger partial charge in [-0.3, -0.25) is 9.69 Å². The fraction of sp³-hybridized carbons (Fsp3) is 0.367. The average molecular weight is 840 g/mol. The summed E-state index contributed by atoms with van der Waals surface area (Å²) in [6.07, 6.45) is 6.31. The standard InChI is InChI=1S/C49H57N5O6Si/c1-49(2,3)61(4,5)60-44(37-18-21-42(55)47-38(37)19-22-45(56)52-47)30-50-29-33-16-20-39-43(28-33)59-46(51-39)14-10-9-11-32-15-17-36(34-12-7-6-8-13-34)40(27-32)54(48(57)58)41-31-53-25-23-35(41)24-26-53/h6-9,11-13,15-22,27-28,35,41,44,50,55H,10,14,23-26,29-31H2,1-5H3,(H,52,56)(H,57,58)/t41-,44-/m0/s1. The number of allylic oxidation sites excluding steroid dienone is 1. The number of oxazole rings is 1. The molecule has 2 aromatic heterocycles. The number of phenols is 1. The molecule has 6 aromatic rings. The number of piperidine rings is 3. The molecule has 0 spiro atoms. The van der Waals surface area contributed by atoms with E-state index in [1.54, 1.807) is 17.0 Å². The molecule has 3 saturated heterocycles. The third-order valence-electron chi connectivity index (χ3n) is 13.0. The maximum Gasteiger partial charge on any atom is 0.412 e. The van der Waals surface area contributed by atoms with Gasteiger partial charge in [-0.1, -0.05) is 87.5 Å². The largest absolute Gasteiger partial charge is 0.506 e. The molecule has 9 rings (SSSR count). The maximum absolute atomic E-state index is 13.0. The summed E-state index contributed by atoms with van der Waals surface area (Å²) in [7, 11) is -2.22. The number of rotatable bonds is 14. The van der Waals surface area contributed by atoms with E-state index in [2.05, 4.69) is 79.4 Å². The van der Waals surface area contributed by atoms with Crippen LogP contribution in [0.25, 0.3) is 39.2 Å². The molecule has 2 bridgehead atoms. The number of amides is 1. The minimum Gasteiger partial charge on any atom is -0.506 e. The van der Waals surface area contributed by atoms with Crippen molar-refractivity contribution in [3.05, 3.63) is 130 Å². The van der Waals surface area contributed by atoms with Crippen molar-refractivity contribution in [1.29, 1.82) is 0 Å². The molecule has 3 aliphatic rings. The second-order valence-corrected chi connectivity index (χ2v) is 22.9. The van der Waals surface area contributed by atoms with Crippen molar-refractivity contribution in [1.82, 2.24) is 20.2 Å². The van der Waals surface area contributed by atoms with E-state index in [0.717, 1.165) is 82.5 Å². The molecular formula is C49H57N5O6Si. The molecule has 0 unspecified atom stereocenters. The van der Waals surface area contributed by atoms with Gasteiger partial charge >= 0.3 is 6.09 Å². The van der Waals surface area contributed by atoms with Crippen molar-refractivity contribution in [3.8, 4) is 16.9 Å². The van der Waals surface area contributed by atoms with Gasteiger partial charge in [0.15, 0.2) is 19.8 Å². The van der Waals surface area contributed by atoms with E-state index < -0.39 is 14.4 Å². The summed E-state index contributed by atoms with van der Waals surface area (Å²) in [6.45, 7) is 15.0. The SMILES string of the molecule is CC(C)(C)[Si](C)(C)O[C@@H](CNCc1ccc2nc(CCC=Cc3ccc(-c4ccccc4)c(N(C(=O)O)[C@H]4CN5CCC4CC5)c3)oc2c1)c1ccc(O)c2[nH]c(=O)ccc12. The third-order valence-corrected chi connectivity index (χ3v) is 17.5. The van der Waals surface area contributed by atoms with Gasteiger partial charge in [-0.25, -0.2) is 9.78 Å². The fourth-order valence-corrected chi connectivity index (χ4v) is 9.93. The van der Waals surface area contributed by atoms with Gasteiger partial charge in [-0.2, -0.15) is 0 Å². The normalized spacial score (nSPS) is 18.6. The Bertz CT molecular complexity index is 2610. The minimum atomic E-state index is -2.22. The van der Waals surface area contributed by atoms with Crippen molar-refractivity contribution in [2.24, 2.45) is 5.92 Å². The molecule has 0 radical (unpaired) electrons. The molecule has 11 nitrogen and oxygen atoms in total. The van der Waals surface area contributed by atoms with Crippen molar-refractivity contribution < 1.29 is 23.9 Å². The number of aromatic hydroxyl groups is 1. The van der Waals surface area contributed by atoms with E-state index in [-0.39, 0.29) is 28.5 Å². The van der Waals surface area contributed by atoms with E-state index >= 15 is 0 Å². The van der Waals surface area contributed by atoms with Crippen LogP contribution >= 0.6 is 0 Å². The van der Waals surface area contributed by atoms with Gasteiger partial charge in [0.25, 0.3) is 0 Å². The van der Waals surface area contributed by atoms with Crippen LogP contribution in [0.15, 0.2) is 106 Å². The summed E-state index contributed by atoms with van der Waals surface area (Å²) in [5.41, 5.74) is 7.20. The van der Waals surface area contributed by atoms with Gasteiger partial charge in [0.05, 0.1) is 23.3 Å². The van der Waals surface area contributed by atoms with Gasteiger partial charge in [0.1, 0.15) is 11.3 Å². The zero-order valence-corrected chi connectivity index (χ0v) is 36.8. The first kappa shape index (κ1) is 42.2. The Morgan fingerprint density at radius 3 is 2.56 bits per heavy atom. The van der Waals surface area contributed by atoms with Crippen LogP contribution < -0.4 is 15.8 Å². The Morgan fingerprint density at radius 2 is 1.84 bits per heavy atom.